The molecule has 1 aromatic rings. The van der Waals surface area contributed by atoms with Crippen molar-refractivity contribution in [2.75, 3.05) is 0 Å². The van der Waals surface area contributed by atoms with E-state index in [-0.39, 0.29) is 16.7 Å². The Balaban J connectivity index is 3.28. The van der Waals surface area contributed by atoms with Gasteiger partial charge in [0.25, 0.3) is 0 Å². The summed E-state index contributed by atoms with van der Waals surface area (Å²) in [6.45, 7) is 5.41. The Bertz CT molecular complexity index is 351. The minimum absolute atomic E-state index is 0.0774. The average molecular weight is 248 g/mol. The van der Waals surface area contributed by atoms with E-state index in [1.54, 1.807) is 13.8 Å². The predicted octanol–water partition coefficient (Wildman–Crippen LogP) is 4.73. The fourth-order valence-corrected chi connectivity index (χ4v) is 2.12. The molecule has 0 aliphatic carbocycles. The smallest absolute Gasteiger partial charge is 0.133 e. The molecule has 0 aliphatic heterocycles. The van der Waals surface area contributed by atoms with Crippen molar-refractivity contribution in [2.24, 2.45) is 0 Å². The number of hydrogen-bond donors (Lipinski definition) is 1. The Kier molecular flexibility index (Phi) is 4.46. The lowest BCUT2D eigenvalue weighted by Gasteiger charge is -2.15. The molecule has 84 valence electrons. The first-order valence-corrected chi connectivity index (χ1v) is 6.70. The van der Waals surface area contributed by atoms with Crippen LogP contribution in [0.25, 0.3) is 0 Å². The molecule has 4 heteroatoms. The van der Waals surface area contributed by atoms with Gasteiger partial charge in [-0.25, -0.2) is 8.78 Å². The molecule has 0 bridgehead atoms. The summed E-state index contributed by atoms with van der Waals surface area (Å²) < 4.78 is 27.3. The zero-order chi connectivity index (χ0) is 11.6. The molecule has 0 saturated heterocycles. The van der Waals surface area contributed by atoms with Gasteiger partial charge in [0.15, 0.2) is 0 Å². The summed E-state index contributed by atoms with van der Waals surface area (Å²) in [5.41, 5.74) is 0.682. The molecular weight excluding hydrogens is 234 g/mol. The van der Waals surface area contributed by atoms with Gasteiger partial charge in [0, 0.05) is 16.4 Å². The zero-order valence-corrected chi connectivity index (χ0v) is 10.6. The number of benzene rings is 1. The summed E-state index contributed by atoms with van der Waals surface area (Å²) in [6.07, 6.45) is 0. The standard InChI is InChI=1S/C11H14F2S2/c1-6(2)10-9(12)5-4-8(11(10)13)7(3)15-14/h4-7,14H,1-3H3. The maximum Gasteiger partial charge on any atom is 0.133 e. The molecule has 0 fully saturated rings. The van der Waals surface area contributed by atoms with Gasteiger partial charge in [-0.3, -0.25) is 0 Å². The van der Waals surface area contributed by atoms with E-state index in [2.05, 4.69) is 11.7 Å². The molecule has 0 spiro atoms. The van der Waals surface area contributed by atoms with Crippen molar-refractivity contribution in [3.8, 4) is 0 Å². The van der Waals surface area contributed by atoms with Crippen molar-refractivity contribution in [2.45, 2.75) is 31.9 Å². The van der Waals surface area contributed by atoms with Crippen LogP contribution in [0.4, 0.5) is 8.78 Å². The molecule has 0 saturated carbocycles. The maximum absolute atomic E-state index is 13.9. The van der Waals surface area contributed by atoms with Gasteiger partial charge in [-0.15, -0.1) is 11.7 Å². The molecule has 1 aromatic carbocycles. The van der Waals surface area contributed by atoms with Gasteiger partial charge in [-0.05, 0) is 18.9 Å². The van der Waals surface area contributed by atoms with Crippen molar-refractivity contribution >= 4 is 22.5 Å². The highest BCUT2D eigenvalue weighted by Crippen LogP contribution is 2.35. The quantitative estimate of drug-likeness (QED) is 0.596. The minimum atomic E-state index is -0.470. The van der Waals surface area contributed by atoms with E-state index in [1.807, 2.05) is 6.92 Å². The van der Waals surface area contributed by atoms with Crippen LogP contribution in [0.3, 0.4) is 0 Å². The Morgan fingerprint density at radius 1 is 1.20 bits per heavy atom. The summed E-state index contributed by atoms with van der Waals surface area (Å²) >= 11 is 4.04. The molecule has 1 rings (SSSR count). The van der Waals surface area contributed by atoms with Gasteiger partial charge >= 0.3 is 0 Å². The summed E-state index contributed by atoms with van der Waals surface area (Å²) in [7, 11) is 1.25. The van der Waals surface area contributed by atoms with Gasteiger partial charge in [0.2, 0.25) is 0 Å². The summed E-state index contributed by atoms with van der Waals surface area (Å²) in [4.78, 5) is 0. The summed E-state index contributed by atoms with van der Waals surface area (Å²) in [5, 5.41) is -0.0774. The minimum Gasteiger partial charge on any atom is -0.207 e. The van der Waals surface area contributed by atoms with E-state index in [1.165, 1.54) is 22.9 Å². The third-order valence-corrected chi connectivity index (χ3v) is 3.85. The second kappa shape index (κ2) is 5.21. The highest BCUT2D eigenvalue weighted by molar-refractivity contribution is 8.68. The molecule has 1 unspecified atom stereocenters. The van der Waals surface area contributed by atoms with Crippen molar-refractivity contribution < 1.29 is 8.78 Å². The lowest BCUT2D eigenvalue weighted by Crippen LogP contribution is -2.03. The first-order chi connectivity index (χ1) is 6.99. The average Bonchev–Trinajstić information content (AvgIpc) is 2.16. The van der Waals surface area contributed by atoms with Crippen LogP contribution in [0.2, 0.25) is 0 Å². The van der Waals surface area contributed by atoms with Gasteiger partial charge in [0.1, 0.15) is 11.6 Å². The van der Waals surface area contributed by atoms with Crippen LogP contribution >= 0.6 is 22.5 Å². The lowest BCUT2D eigenvalue weighted by atomic mass is 9.98. The van der Waals surface area contributed by atoms with Crippen molar-refractivity contribution in [3.63, 3.8) is 0 Å². The number of rotatable bonds is 3. The molecule has 0 N–H and O–H groups in total. The van der Waals surface area contributed by atoms with E-state index in [9.17, 15) is 8.78 Å². The topological polar surface area (TPSA) is 0 Å². The largest absolute Gasteiger partial charge is 0.207 e. The first-order valence-electron chi connectivity index (χ1n) is 4.77. The zero-order valence-electron chi connectivity index (χ0n) is 8.92. The Morgan fingerprint density at radius 2 is 1.80 bits per heavy atom. The first kappa shape index (κ1) is 12.8. The maximum atomic E-state index is 13.9. The SMILES string of the molecule is CC(C)c1c(F)ccc(C(C)SS)c1F. The molecule has 15 heavy (non-hydrogen) atoms. The van der Waals surface area contributed by atoms with Crippen LogP contribution in [-0.4, -0.2) is 0 Å². The van der Waals surface area contributed by atoms with Crippen LogP contribution in [0, 0.1) is 11.6 Å². The predicted molar refractivity (Wildman–Crippen MR) is 65.4 cm³/mol. The molecular formula is C11H14F2S2. The number of hydrogen-bond acceptors (Lipinski definition) is 2. The monoisotopic (exact) mass is 248 g/mol. The normalized spacial score (nSPS) is 13.3. The summed E-state index contributed by atoms with van der Waals surface area (Å²) in [6, 6.07) is 2.82. The van der Waals surface area contributed by atoms with Gasteiger partial charge < -0.3 is 0 Å². The highest BCUT2D eigenvalue weighted by Gasteiger charge is 2.19. The summed E-state index contributed by atoms with van der Waals surface area (Å²) in [5.74, 6) is -1.05. The van der Waals surface area contributed by atoms with E-state index < -0.39 is 11.6 Å². The molecule has 0 aromatic heterocycles. The van der Waals surface area contributed by atoms with Crippen molar-refractivity contribution in [1.29, 1.82) is 0 Å². The fraction of sp³-hybridized carbons (Fsp3) is 0.455. The number of halogens is 2. The van der Waals surface area contributed by atoms with Crippen LogP contribution in [0.1, 0.15) is 43.1 Å². The lowest BCUT2D eigenvalue weighted by molar-refractivity contribution is 0.533. The molecule has 0 amide bonds. The molecule has 1 atom stereocenters. The van der Waals surface area contributed by atoms with Crippen molar-refractivity contribution in [1.82, 2.24) is 0 Å². The molecule has 0 heterocycles. The molecule has 0 radical (unpaired) electrons. The molecule has 0 nitrogen and oxygen atoms in total. The Hall–Kier alpha value is -0.220. The van der Waals surface area contributed by atoms with Gasteiger partial charge in [0.05, 0.1) is 0 Å². The van der Waals surface area contributed by atoms with Crippen LogP contribution in [0.15, 0.2) is 12.1 Å². The second-order valence-electron chi connectivity index (χ2n) is 3.77. The van der Waals surface area contributed by atoms with E-state index in [0.717, 1.165) is 0 Å². The van der Waals surface area contributed by atoms with E-state index >= 15 is 0 Å². The second-order valence-corrected chi connectivity index (χ2v) is 5.32. The molecule has 0 aliphatic rings. The number of thiol groups is 1. The van der Waals surface area contributed by atoms with Crippen LogP contribution < -0.4 is 0 Å². The third kappa shape index (κ3) is 2.67. The highest BCUT2D eigenvalue weighted by atomic mass is 33.1. The Labute approximate surface area is 98.3 Å². The van der Waals surface area contributed by atoms with Gasteiger partial charge in [-0.2, -0.15) is 0 Å². The fourth-order valence-electron chi connectivity index (χ4n) is 1.49. The van der Waals surface area contributed by atoms with Crippen LogP contribution in [-0.2, 0) is 0 Å². The third-order valence-electron chi connectivity index (χ3n) is 2.33. The Morgan fingerprint density at radius 3 is 2.27 bits per heavy atom. The van der Waals surface area contributed by atoms with Crippen molar-refractivity contribution in [3.05, 3.63) is 34.9 Å². The van der Waals surface area contributed by atoms with Gasteiger partial charge in [-0.1, -0.05) is 30.7 Å². The van der Waals surface area contributed by atoms with Crippen LogP contribution in [0.5, 0.6) is 0 Å². The van der Waals surface area contributed by atoms with E-state index in [0.29, 0.717) is 5.56 Å². The van der Waals surface area contributed by atoms with E-state index in [4.69, 9.17) is 0 Å².